The number of thiazole rings is 1. The summed E-state index contributed by atoms with van der Waals surface area (Å²) >= 11 is 4.72. The number of hydrogen-bond donors (Lipinski definition) is 0. The highest BCUT2D eigenvalue weighted by molar-refractivity contribution is 9.10. The van der Waals surface area contributed by atoms with Gasteiger partial charge in [0.25, 0.3) is 0 Å². The molecule has 1 saturated heterocycles. The maximum atomic E-state index is 10.6. The molecule has 0 saturated carbocycles. The zero-order chi connectivity index (χ0) is 9.26. The van der Waals surface area contributed by atoms with Crippen LogP contribution in [0.25, 0.3) is 0 Å². The molecule has 2 rings (SSSR count). The van der Waals surface area contributed by atoms with Gasteiger partial charge in [-0.15, -0.1) is 0 Å². The molecule has 5 heteroatoms. The van der Waals surface area contributed by atoms with E-state index in [0.29, 0.717) is 9.48 Å². The summed E-state index contributed by atoms with van der Waals surface area (Å²) < 4.78 is 0.675. The van der Waals surface area contributed by atoms with Gasteiger partial charge in [0.15, 0.2) is 11.4 Å². The van der Waals surface area contributed by atoms with Crippen molar-refractivity contribution in [1.82, 2.24) is 4.98 Å². The van der Waals surface area contributed by atoms with E-state index in [2.05, 4.69) is 25.8 Å². The molecule has 0 aromatic carbocycles. The van der Waals surface area contributed by atoms with Gasteiger partial charge in [0, 0.05) is 13.1 Å². The van der Waals surface area contributed by atoms with Crippen LogP contribution >= 0.6 is 27.3 Å². The molecule has 0 radical (unpaired) electrons. The summed E-state index contributed by atoms with van der Waals surface area (Å²) in [4.78, 5) is 17.8. The molecule has 0 spiro atoms. The van der Waals surface area contributed by atoms with Gasteiger partial charge in [-0.05, 0) is 28.8 Å². The largest absolute Gasteiger partial charge is 0.348 e. The van der Waals surface area contributed by atoms with Gasteiger partial charge in [0.1, 0.15) is 9.48 Å². The van der Waals surface area contributed by atoms with Gasteiger partial charge >= 0.3 is 0 Å². The molecule has 13 heavy (non-hydrogen) atoms. The standard InChI is InChI=1S/C8H9BrN2OS/c9-7-6(5-12)13-8(10-7)11-3-1-2-4-11/h5H,1-4H2. The third-order valence-electron chi connectivity index (χ3n) is 2.08. The van der Waals surface area contributed by atoms with Crippen LogP contribution in [0.3, 0.4) is 0 Å². The van der Waals surface area contributed by atoms with Crippen LogP contribution in [0.4, 0.5) is 5.13 Å². The lowest BCUT2D eigenvalue weighted by atomic mass is 10.4. The van der Waals surface area contributed by atoms with Gasteiger partial charge in [0.05, 0.1) is 0 Å². The number of rotatable bonds is 2. The lowest BCUT2D eigenvalue weighted by Gasteiger charge is -2.11. The summed E-state index contributed by atoms with van der Waals surface area (Å²) in [5.74, 6) is 0. The Kier molecular flexibility index (Phi) is 2.64. The van der Waals surface area contributed by atoms with Crippen LogP contribution in [0, 0.1) is 0 Å². The summed E-state index contributed by atoms with van der Waals surface area (Å²) in [5, 5.41) is 0.964. The Morgan fingerprint density at radius 2 is 2.15 bits per heavy atom. The van der Waals surface area contributed by atoms with Crippen molar-refractivity contribution in [3.63, 3.8) is 0 Å². The molecule has 1 aliphatic rings. The first-order chi connectivity index (χ1) is 6.31. The lowest BCUT2D eigenvalue weighted by molar-refractivity contribution is 0.112. The Morgan fingerprint density at radius 3 is 2.69 bits per heavy atom. The van der Waals surface area contributed by atoms with E-state index in [1.807, 2.05) is 0 Å². The quantitative estimate of drug-likeness (QED) is 0.766. The number of halogens is 1. The van der Waals surface area contributed by atoms with Crippen molar-refractivity contribution in [1.29, 1.82) is 0 Å². The number of carbonyl (C=O) groups excluding carboxylic acids is 1. The molecule has 0 atom stereocenters. The number of anilines is 1. The van der Waals surface area contributed by atoms with Gasteiger partial charge in [-0.2, -0.15) is 0 Å². The zero-order valence-electron chi connectivity index (χ0n) is 6.99. The van der Waals surface area contributed by atoms with Gasteiger partial charge < -0.3 is 4.90 Å². The highest BCUT2D eigenvalue weighted by atomic mass is 79.9. The molecule has 1 fully saturated rings. The molecule has 2 heterocycles. The summed E-state index contributed by atoms with van der Waals surface area (Å²) in [5.41, 5.74) is 0. The van der Waals surface area contributed by atoms with E-state index in [-0.39, 0.29) is 0 Å². The minimum absolute atomic E-state index is 0.675. The van der Waals surface area contributed by atoms with Gasteiger partial charge in [-0.1, -0.05) is 11.3 Å². The molecule has 1 aromatic heterocycles. The molecule has 3 nitrogen and oxygen atoms in total. The molecule has 0 amide bonds. The molecular weight excluding hydrogens is 252 g/mol. The highest BCUT2D eigenvalue weighted by Crippen LogP contribution is 2.30. The minimum atomic E-state index is 0.675. The Labute approximate surface area is 88.9 Å². The molecule has 0 bridgehead atoms. The minimum Gasteiger partial charge on any atom is -0.348 e. The number of aldehydes is 1. The predicted octanol–water partition coefficient (Wildman–Crippen LogP) is 2.32. The van der Waals surface area contributed by atoms with E-state index < -0.39 is 0 Å². The molecule has 1 aromatic rings. The van der Waals surface area contributed by atoms with E-state index in [4.69, 9.17) is 0 Å². The fourth-order valence-electron chi connectivity index (χ4n) is 1.42. The first-order valence-electron chi connectivity index (χ1n) is 4.17. The second-order valence-corrected chi connectivity index (χ2v) is 4.72. The second kappa shape index (κ2) is 3.75. The van der Waals surface area contributed by atoms with Gasteiger partial charge in [0.2, 0.25) is 0 Å². The fourth-order valence-corrected chi connectivity index (χ4v) is 2.86. The van der Waals surface area contributed by atoms with Crippen molar-refractivity contribution in [3.05, 3.63) is 9.48 Å². The van der Waals surface area contributed by atoms with Crippen molar-refractivity contribution < 1.29 is 4.79 Å². The normalized spacial score (nSPS) is 16.5. The molecule has 0 N–H and O–H groups in total. The first-order valence-corrected chi connectivity index (χ1v) is 5.78. The fraction of sp³-hybridized carbons (Fsp3) is 0.500. The summed E-state index contributed by atoms with van der Waals surface area (Å²) in [6, 6.07) is 0. The predicted molar refractivity (Wildman–Crippen MR) is 56.6 cm³/mol. The maximum absolute atomic E-state index is 10.6. The van der Waals surface area contributed by atoms with Crippen molar-refractivity contribution in [2.45, 2.75) is 12.8 Å². The van der Waals surface area contributed by atoms with Crippen LogP contribution in [0.5, 0.6) is 0 Å². The van der Waals surface area contributed by atoms with Crippen molar-refractivity contribution >= 4 is 38.7 Å². The van der Waals surface area contributed by atoms with Crippen LogP contribution in [0.2, 0.25) is 0 Å². The van der Waals surface area contributed by atoms with Crippen LogP contribution in [-0.4, -0.2) is 24.4 Å². The Hall–Kier alpha value is -0.420. The zero-order valence-corrected chi connectivity index (χ0v) is 9.40. The molecule has 1 aliphatic heterocycles. The highest BCUT2D eigenvalue weighted by Gasteiger charge is 2.17. The van der Waals surface area contributed by atoms with Crippen molar-refractivity contribution in [2.75, 3.05) is 18.0 Å². The number of hydrogen-bond acceptors (Lipinski definition) is 4. The summed E-state index contributed by atoms with van der Waals surface area (Å²) in [7, 11) is 0. The maximum Gasteiger partial charge on any atom is 0.187 e. The molecular formula is C8H9BrN2OS. The van der Waals surface area contributed by atoms with Crippen LogP contribution in [-0.2, 0) is 0 Å². The van der Waals surface area contributed by atoms with Crippen molar-refractivity contribution in [3.8, 4) is 0 Å². The number of aromatic nitrogens is 1. The summed E-state index contributed by atoms with van der Waals surface area (Å²) in [6.45, 7) is 2.14. The Bertz CT molecular complexity index is 320. The third kappa shape index (κ3) is 1.76. The third-order valence-corrected chi connectivity index (χ3v) is 3.99. The van der Waals surface area contributed by atoms with Crippen LogP contribution in [0.1, 0.15) is 22.5 Å². The molecule has 70 valence electrons. The smallest absolute Gasteiger partial charge is 0.187 e. The average Bonchev–Trinajstić information content (AvgIpc) is 2.71. The van der Waals surface area contributed by atoms with Gasteiger partial charge in [-0.3, -0.25) is 4.79 Å². The molecule has 0 aliphatic carbocycles. The van der Waals surface area contributed by atoms with E-state index in [9.17, 15) is 4.79 Å². The van der Waals surface area contributed by atoms with Gasteiger partial charge in [-0.25, -0.2) is 4.98 Å². The number of nitrogens with zero attached hydrogens (tertiary/aromatic N) is 2. The monoisotopic (exact) mass is 260 g/mol. The van der Waals surface area contributed by atoms with E-state index in [1.54, 1.807) is 0 Å². The Balaban J connectivity index is 2.24. The topological polar surface area (TPSA) is 33.2 Å². The molecule has 0 unspecified atom stereocenters. The lowest BCUT2D eigenvalue weighted by Crippen LogP contribution is -2.16. The second-order valence-electron chi connectivity index (χ2n) is 2.96. The van der Waals surface area contributed by atoms with E-state index in [0.717, 1.165) is 24.5 Å². The van der Waals surface area contributed by atoms with E-state index >= 15 is 0 Å². The van der Waals surface area contributed by atoms with E-state index in [1.165, 1.54) is 24.2 Å². The number of carbonyl (C=O) groups is 1. The van der Waals surface area contributed by atoms with Crippen LogP contribution < -0.4 is 4.90 Å². The van der Waals surface area contributed by atoms with Crippen LogP contribution in [0.15, 0.2) is 4.60 Å². The first kappa shape index (κ1) is 9.15. The SMILES string of the molecule is O=Cc1sc(N2CCCC2)nc1Br. The summed E-state index contributed by atoms with van der Waals surface area (Å²) in [6.07, 6.45) is 3.31. The Morgan fingerprint density at radius 1 is 1.46 bits per heavy atom. The average molecular weight is 261 g/mol. The van der Waals surface area contributed by atoms with Crippen molar-refractivity contribution in [2.24, 2.45) is 0 Å².